The average molecular weight is 336 g/mol. The largest absolute Gasteiger partial charge is 0.395 e. The molecule has 0 atom stereocenters. The fraction of sp³-hybridized carbons (Fsp3) is 0.500. The highest BCUT2D eigenvalue weighted by molar-refractivity contribution is 9.10. The van der Waals surface area contributed by atoms with Crippen LogP contribution in [0.15, 0.2) is 33.6 Å². The minimum Gasteiger partial charge on any atom is -0.395 e. The summed E-state index contributed by atoms with van der Waals surface area (Å²) in [5.74, 6) is 0. The number of sulfonamides is 1. The van der Waals surface area contributed by atoms with Crippen molar-refractivity contribution in [3.05, 3.63) is 28.7 Å². The molecule has 0 fully saturated rings. The summed E-state index contributed by atoms with van der Waals surface area (Å²) < 4.78 is 26.8. The van der Waals surface area contributed by atoms with E-state index < -0.39 is 10.0 Å². The van der Waals surface area contributed by atoms with Crippen LogP contribution in [0.5, 0.6) is 0 Å². The minimum absolute atomic E-state index is 0.134. The molecule has 0 unspecified atom stereocenters. The summed E-state index contributed by atoms with van der Waals surface area (Å²) in [6.07, 6.45) is 1.70. The van der Waals surface area contributed by atoms with Crippen LogP contribution in [0.3, 0.4) is 0 Å². The Hall–Kier alpha value is -0.430. The molecule has 102 valence electrons. The highest BCUT2D eigenvalue weighted by Gasteiger charge is 2.23. The first-order valence-corrected chi connectivity index (χ1v) is 8.12. The van der Waals surface area contributed by atoms with Crippen molar-refractivity contribution < 1.29 is 13.5 Å². The number of halogens is 1. The Labute approximate surface area is 117 Å². The Bertz CT molecular complexity index is 476. The number of nitrogens with zero attached hydrogens (tertiary/aromatic N) is 1. The van der Waals surface area contributed by atoms with Gasteiger partial charge < -0.3 is 5.11 Å². The summed E-state index contributed by atoms with van der Waals surface area (Å²) in [6, 6.07) is 6.61. The first-order valence-electron chi connectivity index (χ1n) is 5.89. The Morgan fingerprint density at radius 1 is 1.33 bits per heavy atom. The van der Waals surface area contributed by atoms with Gasteiger partial charge in [0.05, 0.1) is 11.5 Å². The molecule has 0 aliphatic heterocycles. The van der Waals surface area contributed by atoms with E-state index in [0.29, 0.717) is 6.54 Å². The summed E-state index contributed by atoms with van der Waals surface area (Å²) in [5.41, 5.74) is 0. The predicted octanol–water partition coefficient (Wildman–Crippen LogP) is 2.23. The number of hydrogen-bond acceptors (Lipinski definition) is 3. The second-order valence-corrected chi connectivity index (χ2v) is 6.79. The zero-order chi connectivity index (χ0) is 13.6. The van der Waals surface area contributed by atoms with E-state index in [-0.39, 0.29) is 18.0 Å². The first kappa shape index (κ1) is 15.6. The van der Waals surface area contributed by atoms with Gasteiger partial charge in [-0.15, -0.1) is 0 Å². The Balaban J connectivity index is 3.00. The van der Waals surface area contributed by atoms with Gasteiger partial charge in [0.2, 0.25) is 10.0 Å². The van der Waals surface area contributed by atoms with Crippen molar-refractivity contribution in [2.24, 2.45) is 0 Å². The molecule has 0 saturated carbocycles. The quantitative estimate of drug-likeness (QED) is 0.831. The Morgan fingerprint density at radius 3 is 2.61 bits per heavy atom. The minimum atomic E-state index is -3.51. The number of hydrogen-bond donors (Lipinski definition) is 1. The van der Waals surface area contributed by atoms with E-state index in [1.807, 2.05) is 6.92 Å². The second kappa shape index (κ2) is 7.23. The number of benzene rings is 1. The zero-order valence-corrected chi connectivity index (χ0v) is 12.7. The number of unbranched alkanes of at least 4 members (excludes halogenated alkanes) is 1. The lowest BCUT2D eigenvalue weighted by Gasteiger charge is -2.21. The molecule has 1 N–H and O–H groups in total. The summed E-state index contributed by atoms with van der Waals surface area (Å²) >= 11 is 3.26. The molecule has 0 saturated heterocycles. The fourth-order valence-corrected chi connectivity index (χ4v) is 3.64. The third kappa shape index (κ3) is 4.05. The van der Waals surface area contributed by atoms with Gasteiger partial charge in [0.25, 0.3) is 0 Å². The van der Waals surface area contributed by atoms with Gasteiger partial charge in [0.15, 0.2) is 0 Å². The van der Waals surface area contributed by atoms with E-state index in [2.05, 4.69) is 15.9 Å². The van der Waals surface area contributed by atoms with Crippen molar-refractivity contribution in [2.75, 3.05) is 19.7 Å². The highest BCUT2D eigenvalue weighted by atomic mass is 79.9. The summed E-state index contributed by atoms with van der Waals surface area (Å²) in [7, 11) is -3.51. The van der Waals surface area contributed by atoms with E-state index in [4.69, 9.17) is 5.11 Å². The van der Waals surface area contributed by atoms with Gasteiger partial charge in [-0.3, -0.25) is 0 Å². The van der Waals surface area contributed by atoms with E-state index in [9.17, 15) is 8.42 Å². The van der Waals surface area contributed by atoms with Crippen molar-refractivity contribution in [3.8, 4) is 0 Å². The van der Waals surface area contributed by atoms with E-state index in [1.165, 1.54) is 4.31 Å². The third-order valence-electron chi connectivity index (χ3n) is 2.54. The number of rotatable bonds is 7. The molecule has 0 heterocycles. The molecular formula is C12H18BrNO3S. The van der Waals surface area contributed by atoms with Gasteiger partial charge in [-0.05, 0) is 24.6 Å². The van der Waals surface area contributed by atoms with Crippen LogP contribution in [-0.4, -0.2) is 37.5 Å². The van der Waals surface area contributed by atoms with Gasteiger partial charge in [-0.1, -0.05) is 35.3 Å². The van der Waals surface area contributed by atoms with Crippen molar-refractivity contribution in [1.82, 2.24) is 4.31 Å². The van der Waals surface area contributed by atoms with Crippen molar-refractivity contribution in [1.29, 1.82) is 0 Å². The summed E-state index contributed by atoms with van der Waals surface area (Å²) in [5, 5.41) is 8.99. The summed E-state index contributed by atoms with van der Waals surface area (Å²) in [6.45, 7) is 2.40. The molecule has 0 amide bonds. The molecule has 0 aliphatic rings. The van der Waals surface area contributed by atoms with Crippen LogP contribution in [0.4, 0.5) is 0 Å². The highest BCUT2D eigenvalue weighted by Crippen LogP contribution is 2.20. The number of aliphatic hydroxyl groups is 1. The molecule has 1 aromatic carbocycles. The Morgan fingerprint density at radius 2 is 2.06 bits per heavy atom. The molecule has 4 nitrogen and oxygen atoms in total. The standard InChI is InChI=1S/C12H18BrNO3S/c1-2-3-7-14(8-9-15)18(16,17)12-6-4-5-11(13)10-12/h4-6,10,15H,2-3,7-9H2,1H3. The molecule has 0 spiro atoms. The van der Waals surface area contributed by atoms with E-state index >= 15 is 0 Å². The average Bonchev–Trinajstić information content (AvgIpc) is 2.34. The van der Waals surface area contributed by atoms with Crippen LogP contribution in [0.25, 0.3) is 0 Å². The van der Waals surface area contributed by atoms with Gasteiger partial charge in [0.1, 0.15) is 0 Å². The molecular weight excluding hydrogens is 318 g/mol. The van der Waals surface area contributed by atoms with Crippen LogP contribution in [0.2, 0.25) is 0 Å². The molecule has 0 aromatic heterocycles. The van der Waals surface area contributed by atoms with Gasteiger partial charge in [0, 0.05) is 17.6 Å². The predicted molar refractivity (Wildman–Crippen MR) is 74.9 cm³/mol. The lowest BCUT2D eigenvalue weighted by molar-refractivity contribution is 0.252. The fourth-order valence-electron chi connectivity index (χ4n) is 1.57. The topological polar surface area (TPSA) is 57.6 Å². The molecule has 1 aromatic rings. The molecule has 6 heteroatoms. The van der Waals surface area contributed by atoms with Crippen LogP contribution < -0.4 is 0 Å². The molecule has 0 radical (unpaired) electrons. The molecule has 0 bridgehead atoms. The Kier molecular flexibility index (Phi) is 6.28. The molecule has 18 heavy (non-hydrogen) atoms. The van der Waals surface area contributed by atoms with E-state index in [0.717, 1.165) is 17.3 Å². The monoisotopic (exact) mass is 335 g/mol. The third-order valence-corrected chi connectivity index (χ3v) is 4.93. The van der Waals surface area contributed by atoms with Gasteiger partial charge >= 0.3 is 0 Å². The molecule has 1 rings (SSSR count). The maximum absolute atomic E-state index is 12.4. The van der Waals surface area contributed by atoms with Crippen molar-refractivity contribution >= 4 is 26.0 Å². The van der Waals surface area contributed by atoms with Crippen LogP contribution >= 0.6 is 15.9 Å². The van der Waals surface area contributed by atoms with Crippen LogP contribution in [0.1, 0.15) is 19.8 Å². The second-order valence-electron chi connectivity index (χ2n) is 3.94. The normalized spacial score (nSPS) is 12.0. The number of aliphatic hydroxyl groups excluding tert-OH is 1. The first-order chi connectivity index (χ1) is 8.52. The van der Waals surface area contributed by atoms with Crippen molar-refractivity contribution in [2.45, 2.75) is 24.7 Å². The maximum Gasteiger partial charge on any atom is 0.243 e. The van der Waals surface area contributed by atoms with Crippen LogP contribution in [-0.2, 0) is 10.0 Å². The lowest BCUT2D eigenvalue weighted by atomic mass is 10.3. The summed E-state index contributed by atoms with van der Waals surface area (Å²) in [4.78, 5) is 0.251. The van der Waals surface area contributed by atoms with Crippen molar-refractivity contribution in [3.63, 3.8) is 0 Å². The smallest absolute Gasteiger partial charge is 0.243 e. The van der Waals surface area contributed by atoms with E-state index in [1.54, 1.807) is 24.3 Å². The van der Waals surface area contributed by atoms with Crippen LogP contribution in [0, 0.1) is 0 Å². The SMILES string of the molecule is CCCCN(CCO)S(=O)(=O)c1cccc(Br)c1. The maximum atomic E-state index is 12.4. The zero-order valence-electron chi connectivity index (χ0n) is 10.3. The lowest BCUT2D eigenvalue weighted by Crippen LogP contribution is -2.34. The van der Waals surface area contributed by atoms with Gasteiger partial charge in [-0.2, -0.15) is 4.31 Å². The molecule has 0 aliphatic carbocycles. The van der Waals surface area contributed by atoms with Gasteiger partial charge in [-0.25, -0.2) is 8.42 Å².